The fourth-order valence-electron chi connectivity index (χ4n) is 5.67. The Morgan fingerprint density at radius 2 is 1.85 bits per heavy atom. The summed E-state index contributed by atoms with van der Waals surface area (Å²) < 4.78 is 0. The van der Waals surface area contributed by atoms with Crippen LogP contribution in [-0.4, -0.2) is 64.5 Å². The molecule has 0 bridgehead atoms. The van der Waals surface area contributed by atoms with E-state index in [9.17, 15) is 9.59 Å². The van der Waals surface area contributed by atoms with Crippen LogP contribution in [0, 0.1) is 5.92 Å². The topological polar surface area (TPSA) is 52.7 Å². The number of hydrogen-bond acceptors (Lipinski definition) is 4. The molecule has 1 saturated carbocycles. The first-order valence-electron chi connectivity index (χ1n) is 12.9. The molecule has 5 nitrogen and oxygen atoms in total. The number of benzene rings is 1. The molecule has 0 aromatic heterocycles. The Balaban J connectivity index is 1.42. The Kier molecular flexibility index (Phi) is 9.48. The number of nitrogens with one attached hydrogen (secondary N) is 1. The van der Waals surface area contributed by atoms with E-state index < -0.39 is 6.04 Å². The normalized spacial score (nSPS) is 26.6. The number of likely N-dealkylation sites (tertiary alicyclic amines) is 1. The molecule has 2 aliphatic heterocycles. The van der Waals surface area contributed by atoms with Gasteiger partial charge in [0.05, 0.1) is 16.0 Å². The Morgan fingerprint density at radius 1 is 1.09 bits per heavy atom. The molecule has 0 spiro atoms. The van der Waals surface area contributed by atoms with Gasteiger partial charge in [0.1, 0.15) is 6.04 Å². The van der Waals surface area contributed by atoms with Crippen molar-refractivity contribution in [1.82, 2.24) is 15.1 Å². The van der Waals surface area contributed by atoms with Gasteiger partial charge >= 0.3 is 0 Å². The zero-order valence-electron chi connectivity index (χ0n) is 20.1. The second kappa shape index (κ2) is 12.3. The van der Waals surface area contributed by atoms with Gasteiger partial charge in [-0.3, -0.25) is 9.59 Å². The third kappa shape index (κ3) is 6.24. The summed E-state index contributed by atoms with van der Waals surface area (Å²) in [4.78, 5) is 31.4. The van der Waals surface area contributed by atoms with Crippen LogP contribution in [-0.2, 0) is 4.79 Å². The van der Waals surface area contributed by atoms with Crippen molar-refractivity contribution in [3.8, 4) is 0 Å². The summed E-state index contributed by atoms with van der Waals surface area (Å²) >= 11 is 14.2. The number of rotatable bonds is 7. The molecule has 4 rings (SSSR count). The maximum Gasteiger partial charge on any atom is 0.256 e. The lowest BCUT2D eigenvalue weighted by Crippen LogP contribution is -2.51. The third-order valence-corrected chi connectivity index (χ3v) is 9.66. The average Bonchev–Trinajstić information content (AvgIpc) is 3.28. The lowest BCUT2D eigenvalue weighted by Gasteiger charge is -2.35. The van der Waals surface area contributed by atoms with Crippen LogP contribution in [0.25, 0.3) is 0 Å². The van der Waals surface area contributed by atoms with E-state index in [0.29, 0.717) is 39.9 Å². The number of carbonyl (C=O) groups is 2. The fourth-order valence-corrected chi connectivity index (χ4v) is 7.80. The van der Waals surface area contributed by atoms with Gasteiger partial charge in [-0.1, -0.05) is 48.9 Å². The SMILES string of the molecule is CC1CCCCN1CCCNC(=O)C1CSC(C2CCCCC2)N1C(=O)c1ccc(Cl)cc1Cl. The fraction of sp³-hybridized carbons (Fsp3) is 0.692. The Hall–Kier alpha value is -0.950. The second-order valence-corrected chi connectivity index (χ2v) is 12.0. The van der Waals surface area contributed by atoms with Crippen molar-refractivity contribution < 1.29 is 9.59 Å². The predicted octanol–water partition coefficient (Wildman–Crippen LogP) is 5.84. The Bertz CT molecular complexity index is 864. The van der Waals surface area contributed by atoms with E-state index in [0.717, 1.165) is 32.4 Å². The summed E-state index contributed by atoms with van der Waals surface area (Å²) in [6, 6.07) is 5.14. The van der Waals surface area contributed by atoms with Crippen molar-refractivity contribution in [2.24, 2.45) is 5.92 Å². The van der Waals surface area contributed by atoms with Crippen LogP contribution < -0.4 is 5.32 Å². The summed E-state index contributed by atoms with van der Waals surface area (Å²) in [6.45, 7) is 5.10. The molecule has 1 N–H and O–H groups in total. The standard InChI is InChI=1S/C26H37Cl2N3O2S/c1-18-8-5-6-14-30(18)15-7-13-29-24(32)23-17-34-26(19-9-3-2-4-10-19)31(23)25(33)21-12-11-20(27)16-22(21)28/h11-12,16,18-19,23,26H,2-10,13-15,17H2,1H3,(H,29,32). The molecule has 3 unspecified atom stereocenters. The predicted molar refractivity (Wildman–Crippen MR) is 142 cm³/mol. The molecule has 34 heavy (non-hydrogen) atoms. The zero-order valence-corrected chi connectivity index (χ0v) is 22.4. The van der Waals surface area contributed by atoms with Gasteiger partial charge in [-0.25, -0.2) is 0 Å². The number of amides is 2. The molecule has 1 aromatic carbocycles. The number of piperidine rings is 1. The van der Waals surface area contributed by atoms with E-state index in [-0.39, 0.29) is 17.2 Å². The van der Waals surface area contributed by atoms with Crippen LogP contribution in [0.3, 0.4) is 0 Å². The molecule has 3 atom stereocenters. The molecule has 8 heteroatoms. The van der Waals surface area contributed by atoms with E-state index in [1.807, 2.05) is 4.90 Å². The largest absolute Gasteiger partial charge is 0.354 e. The van der Waals surface area contributed by atoms with Gasteiger partial charge in [0.2, 0.25) is 5.91 Å². The first-order chi connectivity index (χ1) is 16.5. The molecule has 2 saturated heterocycles. The third-order valence-electron chi connectivity index (χ3n) is 7.65. The molecule has 1 aliphatic carbocycles. The van der Waals surface area contributed by atoms with Gasteiger partial charge in [0.25, 0.3) is 5.91 Å². The van der Waals surface area contributed by atoms with Crippen LogP contribution in [0.2, 0.25) is 10.0 Å². The maximum absolute atomic E-state index is 13.7. The molecule has 188 valence electrons. The van der Waals surface area contributed by atoms with Gasteiger partial charge < -0.3 is 15.1 Å². The highest BCUT2D eigenvalue weighted by molar-refractivity contribution is 8.00. The number of hydrogen-bond donors (Lipinski definition) is 1. The van der Waals surface area contributed by atoms with Crippen molar-refractivity contribution in [1.29, 1.82) is 0 Å². The smallest absolute Gasteiger partial charge is 0.256 e. The van der Waals surface area contributed by atoms with Gasteiger partial charge in [0, 0.05) is 29.9 Å². The maximum atomic E-state index is 13.7. The molecular weight excluding hydrogens is 489 g/mol. The van der Waals surface area contributed by atoms with Crippen LogP contribution in [0.4, 0.5) is 0 Å². The average molecular weight is 527 g/mol. The minimum Gasteiger partial charge on any atom is -0.354 e. The van der Waals surface area contributed by atoms with Gasteiger partial charge in [-0.2, -0.15) is 0 Å². The van der Waals surface area contributed by atoms with Crippen molar-refractivity contribution >= 4 is 46.8 Å². The second-order valence-electron chi connectivity index (χ2n) is 10.00. The molecular formula is C26H37Cl2N3O2S. The summed E-state index contributed by atoms with van der Waals surface area (Å²) in [7, 11) is 0. The molecule has 3 aliphatic rings. The first kappa shape index (κ1) is 26.1. The van der Waals surface area contributed by atoms with Gasteiger partial charge in [0.15, 0.2) is 0 Å². The summed E-state index contributed by atoms with van der Waals surface area (Å²) in [5.74, 6) is 0.847. The van der Waals surface area contributed by atoms with Crippen LogP contribution >= 0.6 is 35.0 Å². The van der Waals surface area contributed by atoms with E-state index in [4.69, 9.17) is 23.2 Å². The minimum absolute atomic E-state index is 0.0181. The summed E-state index contributed by atoms with van der Waals surface area (Å²) in [5, 5.41) is 3.99. The van der Waals surface area contributed by atoms with Crippen LogP contribution in [0.5, 0.6) is 0 Å². The first-order valence-corrected chi connectivity index (χ1v) is 14.7. The quantitative estimate of drug-likeness (QED) is 0.454. The molecule has 2 amide bonds. The number of halogens is 2. The van der Waals surface area contributed by atoms with Crippen molar-refractivity contribution in [3.05, 3.63) is 33.8 Å². The highest BCUT2D eigenvalue weighted by Gasteiger charge is 2.45. The van der Waals surface area contributed by atoms with E-state index in [1.165, 1.54) is 38.5 Å². The van der Waals surface area contributed by atoms with Gasteiger partial charge in [-0.05, 0) is 69.7 Å². The van der Waals surface area contributed by atoms with Crippen molar-refractivity contribution in [3.63, 3.8) is 0 Å². The highest BCUT2D eigenvalue weighted by Crippen LogP contribution is 2.41. The number of carbonyl (C=O) groups excluding carboxylic acids is 2. The molecule has 2 heterocycles. The van der Waals surface area contributed by atoms with Crippen LogP contribution in [0.15, 0.2) is 18.2 Å². The Labute approximate surface area is 218 Å². The van der Waals surface area contributed by atoms with Gasteiger partial charge in [-0.15, -0.1) is 11.8 Å². The van der Waals surface area contributed by atoms with E-state index in [1.54, 1.807) is 30.0 Å². The minimum atomic E-state index is -0.468. The number of nitrogens with zero attached hydrogens (tertiary/aromatic N) is 2. The van der Waals surface area contributed by atoms with E-state index >= 15 is 0 Å². The molecule has 0 radical (unpaired) electrons. The highest BCUT2D eigenvalue weighted by atomic mass is 35.5. The Morgan fingerprint density at radius 3 is 2.59 bits per heavy atom. The molecule has 1 aromatic rings. The monoisotopic (exact) mass is 525 g/mol. The van der Waals surface area contributed by atoms with Crippen molar-refractivity contribution in [2.45, 2.75) is 82.2 Å². The summed E-state index contributed by atoms with van der Waals surface area (Å²) in [5.41, 5.74) is 0.422. The molecule has 3 fully saturated rings. The van der Waals surface area contributed by atoms with Crippen LogP contribution in [0.1, 0.15) is 75.1 Å². The number of thioether (sulfide) groups is 1. The van der Waals surface area contributed by atoms with Crippen molar-refractivity contribution in [2.75, 3.05) is 25.4 Å². The van der Waals surface area contributed by atoms with E-state index in [2.05, 4.69) is 17.1 Å². The summed E-state index contributed by atoms with van der Waals surface area (Å²) in [6.07, 6.45) is 10.6. The lowest BCUT2D eigenvalue weighted by atomic mass is 9.88. The zero-order chi connectivity index (χ0) is 24.1. The lowest BCUT2D eigenvalue weighted by molar-refractivity contribution is -0.125.